The zero-order valence-corrected chi connectivity index (χ0v) is 11.9. The Labute approximate surface area is 109 Å². The van der Waals surface area contributed by atoms with Gasteiger partial charge in [0.25, 0.3) is 0 Å². The molecule has 1 aromatic rings. The second kappa shape index (κ2) is 5.38. The van der Waals surface area contributed by atoms with Crippen LogP contribution < -0.4 is 9.64 Å². The van der Waals surface area contributed by atoms with Gasteiger partial charge in [-0.1, -0.05) is 0 Å². The molecule has 5 heteroatoms. The second-order valence-electron chi connectivity index (χ2n) is 3.39. The number of anilines is 1. The van der Waals surface area contributed by atoms with Crippen LogP contribution in [0.25, 0.3) is 0 Å². The minimum absolute atomic E-state index is 0.389. The second-order valence-corrected chi connectivity index (χ2v) is 4.55. The number of hydrogen-bond donors (Lipinski definition) is 0. The first-order chi connectivity index (χ1) is 7.51. The molecule has 0 aliphatic rings. The van der Waals surface area contributed by atoms with Crippen LogP contribution in [-0.2, 0) is 4.74 Å². The topological polar surface area (TPSA) is 38.8 Å². The first kappa shape index (κ1) is 13.1. The van der Waals surface area contributed by atoms with Crippen molar-refractivity contribution < 1.29 is 14.3 Å². The van der Waals surface area contributed by atoms with E-state index in [1.54, 1.807) is 6.07 Å². The smallest absolute Gasteiger partial charge is 0.341 e. The molecule has 0 N–H and O–H groups in total. The standard InChI is InChI=1S/C11H14INO3/c1-13(2)9-6-10(15-3)7(5-8(9)12)11(14)16-4/h5-6H,1-4H3. The van der Waals surface area contributed by atoms with Crippen molar-refractivity contribution in [1.82, 2.24) is 0 Å². The Balaban J connectivity index is 3.32. The van der Waals surface area contributed by atoms with Gasteiger partial charge >= 0.3 is 5.97 Å². The fourth-order valence-corrected chi connectivity index (χ4v) is 2.27. The third kappa shape index (κ3) is 2.58. The lowest BCUT2D eigenvalue weighted by atomic mass is 10.1. The van der Waals surface area contributed by atoms with E-state index in [9.17, 15) is 4.79 Å². The average Bonchev–Trinajstić information content (AvgIpc) is 2.27. The summed E-state index contributed by atoms with van der Waals surface area (Å²) in [4.78, 5) is 13.5. The molecule has 0 amide bonds. The molecule has 0 radical (unpaired) electrons. The highest BCUT2D eigenvalue weighted by atomic mass is 127. The van der Waals surface area contributed by atoms with Crippen LogP contribution in [0.15, 0.2) is 12.1 Å². The van der Waals surface area contributed by atoms with Crippen molar-refractivity contribution in [3.63, 3.8) is 0 Å². The monoisotopic (exact) mass is 335 g/mol. The van der Waals surface area contributed by atoms with Crippen LogP contribution in [0, 0.1) is 3.57 Å². The van der Waals surface area contributed by atoms with Crippen LogP contribution in [0.3, 0.4) is 0 Å². The third-order valence-corrected chi connectivity index (χ3v) is 3.02. The molecule has 0 fully saturated rings. The van der Waals surface area contributed by atoms with Gasteiger partial charge in [-0.05, 0) is 28.7 Å². The fraction of sp³-hybridized carbons (Fsp3) is 0.364. The maximum absolute atomic E-state index is 11.5. The number of nitrogens with zero attached hydrogens (tertiary/aromatic N) is 1. The Morgan fingerprint density at radius 3 is 2.38 bits per heavy atom. The van der Waals surface area contributed by atoms with Gasteiger partial charge in [-0.15, -0.1) is 0 Å². The summed E-state index contributed by atoms with van der Waals surface area (Å²) in [6.45, 7) is 0. The molecule has 0 heterocycles. The van der Waals surface area contributed by atoms with Crippen LogP contribution in [0.1, 0.15) is 10.4 Å². The summed E-state index contributed by atoms with van der Waals surface area (Å²) in [5.74, 6) is 0.135. The lowest BCUT2D eigenvalue weighted by molar-refractivity contribution is 0.0597. The number of methoxy groups -OCH3 is 2. The van der Waals surface area contributed by atoms with Gasteiger partial charge in [0.1, 0.15) is 11.3 Å². The maximum Gasteiger partial charge on any atom is 0.341 e. The van der Waals surface area contributed by atoms with Crippen molar-refractivity contribution in [2.75, 3.05) is 33.2 Å². The van der Waals surface area contributed by atoms with Crippen molar-refractivity contribution in [2.24, 2.45) is 0 Å². The summed E-state index contributed by atoms with van der Waals surface area (Å²) < 4.78 is 10.9. The van der Waals surface area contributed by atoms with Crippen LogP contribution in [-0.4, -0.2) is 34.3 Å². The molecule has 1 rings (SSSR count). The SMILES string of the molecule is COC(=O)c1cc(I)c(N(C)C)cc1OC. The average molecular weight is 335 g/mol. The molecule has 0 unspecified atom stereocenters. The van der Waals surface area contributed by atoms with Crippen LogP contribution in [0.2, 0.25) is 0 Å². The zero-order chi connectivity index (χ0) is 12.3. The number of rotatable bonds is 3. The van der Waals surface area contributed by atoms with E-state index in [1.807, 2.05) is 25.1 Å². The molecule has 0 aliphatic carbocycles. The molecule has 4 nitrogen and oxygen atoms in total. The number of esters is 1. The van der Waals surface area contributed by atoms with E-state index >= 15 is 0 Å². The van der Waals surface area contributed by atoms with Gasteiger partial charge in [0.05, 0.1) is 19.9 Å². The third-order valence-electron chi connectivity index (χ3n) is 2.16. The van der Waals surface area contributed by atoms with Gasteiger partial charge in [0.15, 0.2) is 0 Å². The van der Waals surface area contributed by atoms with Crippen molar-refractivity contribution in [1.29, 1.82) is 0 Å². The van der Waals surface area contributed by atoms with Crippen molar-refractivity contribution in [2.45, 2.75) is 0 Å². The lowest BCUT2D eigenvalue weighted by Gasteiger charge is -2.17. The van der Waals surface area contributed by atoms with Gasteiger partial charge in [0.2, 0.25) is 0 Å². The molecule has 0 aliphatic heterocycles. The van der Waals surface area contributed by atoms with Gasteiger partial charge < -0.3 is 14.4 Å². The summed E-state index contributed by atoms with van der Waals surface area (Å²) in [6.07, 6.45) is 0. The molecule has 1 aromatic carbocycles. The van der Waals surface area contributed by atoms with E-state index in [0.29, 0.717) is 11.3 Å². The van der Waals surface area contributed by atoms with Crippen LogP contribution in [0.4, 0.5) is 5.69 Å². The Morgan fingerprint density at radius 1 is 1.31 bits per heavy atom. The Bertz CT molecular complexity index is 404. The first-order valence-electron chi connectivity index (χ1n) is 4.64. The normalized spacial score (nSPS) is 9.81. The number of hydrogen-bond acceptors (Lipinski definition) is 4. The molecule has 0 atom stereocenters. The minimum atomic E-state index is -0.389. The van der Waals surface area contributed by atoms with Gasteiger partial charge in [0, 0.05) is 23.7 Å². The number of halogens is 1. The first-order valence-corrected chi connectivity index (χ1v) is 5.72. The van der Waals surface area contributed by atoms with E-state index < -0.39 is 0 Å². The van der Waals surface area contributed by atoms with Crippen LogP contribution >= 0.6 is 22.6 Å². The summed E-state index contributed by atoms with van der Waals surface area (Å²) in [7, 11) is 6.77. The number of carbonyl (C=O) groups is 1. The molecule has 16 heavy (non-hydrogen) atoms. The Kier molecular flexibility index (Phi) is 4.40. The molecule has 0 spiro atoms. The Hall–Kier alpha value is -0.980. The van der Waals surface area contributed by atoms with Gasteiger partial charge in [-0.3, -0.25) is 0 Å². The van der Waals surface area contributed by atoms with Gasteiger partial charge in [-0.2, -0.15) is 0 Å². The Morgan fingerprint density at radius 2 is 1.94 bits per heavy atom. The quantitative estimate of drug-likeness (QED) is 0.627. The molecule has 0 aromatic heterocycles. The fourth-order valence-electron chi connectivity index (χ4n) is 1.32. The molecule has 88 valence electrons. The van der Waals surface area contributed by atoms with E-state index in [2.05, 4.69) is 22.6 Å². The predicted molar refractivity (Wildman–Crippen MR) is 71.4 cm³/mol. The van der Waals surface area contributed by atoms with Crippen molar-refractivity contribution in [3.05, 3.63) is 21.3 Å². The summed E-state index contributed by atoms with van der Waals surface area (Å²) in [5.41, 5.74) is 1.45. The van der Waals surface area contributed by atoms with E-state index in [-0.39, 0.29) is 5.97 Å². The number of carbonyl (C=O) groups excluding carboxylic acids is 1. The molecular formula is C11H14INO3. The minimum Gasteiger partial charge on any atom is -0.496 e. The zero-order valence-electron chi connectivity index (χ0n) is 9.70. The highest BCUT2D eigenvalue weighted by Gasteiger charge is 2.16. The summed E-state index contributed by atoms with van der Waals surface area (Å²) in [6, 6.07) is 3.59. The number of ether oxygens (including phenoxy) is 2. The highest BCUT2D eigenvalue weighted by Crippen LogP contribution is 2.30. The van der Waals surface area contributed by atoms with E-state index in [0.717, 1.165) is 9.26 Å². The molecular weight excluding hydrogens is 321 g/mol. The lowest BCUT2D eigenvalue weighted by Crippen LogP contribution is -2.12. The van der Waals surface area contributed by atoms with Crippen LogP contribution in [0.5, 0.6) is 5.75 Å². The van der Waals surface area contributed by atoms with Crippen molar-refractivity contribution in [3.8, 4) is 5.75 Å². The number of benzene rings is 1. The summed E-state index contributed by atoms with van der Waals surface area (Å²) in [5, 5.41) is 0. The van der Waals surface area contributed by atoms with E-state index in [4.69, 9.17) is 9.47 Å². The summed E-state index contributed by atoms with van der Waals surface area (Å²) >= 11 is 2.18. The molecule has 0 saturated heterocycles. The predicted octanol–water partition coefficient (Wildman–Crippen LogP) is 2.15. The van der Waals surface area contributed by atoms with E-state index in [1.165, 1.54) is 14.2 Å². The van der Waals surface area contributed by atoms with Gasteiger partial charge in [-0.25, -0.2) is 4.79 Å². The molecule has 0 bridgehead atoms. The largest absolute Gasteiger partial charge is 0.496 e. The maximum atomic E-state index is 11.5. The molecule has 0 saturated carbocycles. The highest BCUT2D eigenvalue weighted by molar-refractivity contribution is 14.1. The van der Waals surface area contributed by atoms with Crippen molar-refractivity contribution >= 4 is 34.2 Å².